The molecule has 8 heteroatoms. The second-order valence-electron chi connectivity index (χ2n) is 4.00. The Kier molecular flexibility index (Phi) is 4.03. The Bertz CT molecular complexity index is 559. The van der Waals surface area contributed by atoms with Crippen LogP contribution in [0.4, 0.5) is 0 Å². The maximum absolute atomic E-state index is 11.7. The maximum Gasteiger partial charge on any atom is 0.374 e. The van der Waals surface area contributed by atoms with Crippen molar-refractivity contribution in [1.82, 2.24) is 0 Å². The molecule has 0 bridgehead atoms. The van der Waals surface area contributed by atoms with Gasteiger partial charge in [0, 0.05) is 16.7 Å². The summed E-state index contributed by atoms with van der Waals surface area (Å²) in [6.45, 7) is 0. The molecular formula is C10H10BrClO5S. The van der Waals surface area contributed by atoms with E-state index >= 15 is 0 Å². The van der Waals surface area contributed by atoms with Crippen molar-refractivity contribution in [2.45, 2.75) is 36.7 Å². The molecule has 0 N–H and O–H groups in total. The number of halogens is 2. The molecule has 1 aliphatic carbocycles. The minimum absolute atomic E-state index is 0.101. The minimum Gasteiger partial charge on any atom is -0.457 e. The molecule has 0 radical (unpaired) electrons. The number of hydrogen-bond acceptors (Lipinski definition) is 5. The predicted molar refractivity (Wildman–Crippen MR) is 67.1 cm³/mol. The zero-order chi connectivity index (χ0) is 13.3. The third-order valence-corrected chi connectivity index (χ3v) is 4.87. The zero-order valence-electron chi connectivity index (χ0n) is 9.19. The predicted octanol–water partition coefficient (Wildman–Crippen LogP) is 3.07. The first-order chi connectivity index (χ1) is 8.38. The van der Waals surface area contributed by atoms with Gasteiger partial charge < -0.3 is 9.15 Å². The van der Waals surface area contributed by atoms with Gasteiger partial charge in [0.05, 0.1) is 0 Å². The zero-order valence-corrected chi connectivity index (χ0v) is 12.3. The van der Waals surface area contributed by atoms with Gasteiger partial charge in [-0.2, -0.15) is 0 Å². The first-order valence-corrected chi connectivity index (χ1v) is 8.43. The molecule has 0 amide bonds. The Hall–Kier alpha value is -0.530. The van der Waals surface area contributed by atoms with E-state index in [0.717, 1.165) is 31.7 Å². The second-order valence-corrected chi connectivity index (χ2v) is 7.25. The van der Waals surface area contributed by atoms with Gasteiger partial charge in [0.15, 0.2) is 4.67 Å². The molecular weight excluding hydrogens is 348 g/mol. The SMILES string of the molecule is O=C(OC1CCCC1)c1cc(S(=O)(=O)Cl)c(Br)o1. The number of carbonyl (C=O) groups is 1. The molecule has 18 heavy (non-hydrogen) atoms. The van der Waals surface area contributed by atoms with Gasteiger partial charge in [0.2, 0.25) is 5.76 Å². The third kappa shape index (κ3) is 3.07. The van der Waals surface area contributed by atoms with Gasteiger partial charge >= 0.3 is 5.97 Å². The largest absolute Gasteiger partial charge is 0.457 e. The van der Waals surface area contributed by atoms with Gasteiger partial charge in [-0.15, -0.1) is 0 Å². The second kappa shape index (κ2) is 5.22. The van der Waals surface area contributed by atoms with Crippen LogP contribution in [0.2, 0.25) is 0 Å². The lowest BCUT2D eigenvalue weighted by molar-refractivity contribution is 0.0280. The topological polar surface area (TPSA) is 73.6 Å². The van der Waals surface area contributed by atoms with Crippen molar-refractivity contribution < 1.29 is 22.4 Å². The lowest BCUT2D eigenvalue weighted by atomic mass is 10.3. The van der Waals surface area contributed by atoms with E-state index in [2.05, 4.69) is 15.9 Å². The van der Waals surface area contributed by atoms with Crippen LogP contribution in [0.25, 0.3) is 0 Å². The highest BCUT2D eigenvalue weighted by Crippen LogP contribution is 2.30. The smallest absolute Gasteiger partial charge is 0.374 e. The first kappa shape index (κ1) is 13.9. The Morgan fingerprint density at radius 1 is 1.44 bits per heavy atom. The van der Waals surface area contributed by atoms with Gasteiger partial charge in [-0.25, -0.2) is 13.2 Å². The van der Waals surface area contributed by atoms with E-state index in [4.69, 9.17) is 19.8 Å². The lowest BCUT2D eigenvalue weighted by Gasteiger charge is -2.08. The molecule has 0 atom stereocenters. The first-order valence-electron chi connectivity index (χ1n) is 5.33. The molecule has 1 heterocycles. The van der Waals surface area contributed by atoms with Crippen LogP contribution >= 0.6 is 26.6 Å². The van der Waals surface area contributed by atoms with Gasteiger partial charge in [-0.1, -0.05) is 0 Å². The van der Waals surface area contributed by atoms with E-state index in [1.807, 2.05) is 0 Å². The molecule has 0 spiro atoms. The molecule has 5 nitrogen and oxygen atoms in total. The standard InChI is InChI=1S/C10H10BrClO5S/c11-9-8(18(12,14)15)5-7(17-9)10(13)16-6-3-1-2-4-6/h5-6H,1-4H2. The molecule has 1 aliphatic rings. The summed E-state index contributed by atoms with van der Waals surface area (Å²) in [5.41, 5.74) is 0. The van der Waals surface area contributed by atoms with E-state index in [1.54, 1.807) is 0 Å². The number of ether oxygens (including phenoxy) is 1. The van der Waals surface area contributed by atoms with Crippen LogP contribution in [-0.4, -0.2) is 20.5 Å². The average molecular weight is 358 g/mol. The van der Waals surface area contributed by atoms with E-state index in [-0.39, 0.29) is 21.4 Å². The summed E-state index contributed by atoms with van der Waals surface area (Å²) in [7, 11) is 1.23. The van der Waals surface area contributed by atoms with E-state index < -0.39 is 15.0 Å². The summed E-state index contributed by atoms with van der Waals surface area (Å²) >= 11 is 2.90. The van der Waals surface area contributed by atoms with Crippen LogP contribution < -0.4 is 0 Å². The molecule has 1 aromatic rings. The summed E-state index contributed by atoms with van der Waals surface area (Å²) in [6.07, 6.45) is 3.60. The van der Waals surface area contributed by atoms with Gasteiger partial charge in [-0.05, 0) is 41.6 Å². The normalized spacial score (nSPS) is 17.0. The number of hydrogen-bond donors (Lipinski definition) is 0. The summed E-state index contributed by atoms with van der Waals surface area (Å²) in [6, 6.07) is 1.06. The number of esters is 1. The fourth-order valence-electron chi connectivity index (χ4n) is 1.83. The van der Waals surface area contributed by atoms with E-state index in [1.165, 1.54) is 0 Å². The maximum atomic E-state index is 11.7. The van der Waals surface area contributed by atoms with E-state index in [0.29, 0.717) is 0 Å². The average Bonchev–Trinajstić information content (AvgIpc) is 2.85. The van der Waals surface area contributed by atoms with Crippen molar-refractivity contribution in [3.8, 4) is 0 Å². The molecule has 100 valence electrons. The van der Waals surface area contributed by atoms with E-state index in [9.17, 15) is 13.2 Å². The van der Waals surface area contributed by atoms with Crippen LogP contribution in [0.15, 0.2) is 20.0 Å². The molecule has 2 rings (SSSR count). The highest BCUT2D eigenvalue weighted by Gasteiger charge is 2.26. The minimum atomic E-state index is -3.95. The molecule has 0 saturated heterocycles. The fourth-order valence-corrected chi connectivity index (χ4v) is 3.87. The van der Waals surface area contributed by atoms with Crippen molar-refractivity contribution in [3.63, 3.8) is 0 Å². The molecule has 0 unspecified atom stereocenters. The van der Waals surface area contributed by atoms with Crippen molar-refractivity contribution in [3.05, 3.63) is 16.5 Å². The van der Waals surface area contributed by atoms with Crippen LogP contribution in [-0.2, 0) is 13.8 Å². The Morgan fingerprint density at radius 3 is 2.56 bits per heavy atom. The molecule has 0 aliphatic heterocycles. The Labute approximate surface area is 117 Å². The quantitative estimate of drug-likeness (QED) is 0.614. The Morgan fingerprint density at radius 2 is 2.06 bits per heavy atom. The summed E-state index contributed by atoms with van der Waals surface area (Å²) < 4.78 is 32.4. The molecule has 0 aromatic carbocycles. The van der Waals surface area contributed by atoms with Gasteiger partial charge in [0.25, 0.3) is 9.05 Å². The number of rotatable bonds is 3. The van der Waals surface area contributed by atoms with Crippen LogP contribution in [0, 0.1) is 0 Å². The summed E-state index contributed by atoms with van der Waals surface area (Å²) in [4.78, 5) is 11.4. The monoisotopic (exact) mass is 356 g/mol. The van der Waals surface area contributed by atoms with Crippen molar-refractivity contribution in [2.24, 2.45) is 0 Å². The lowest BCUT2D eigenvalue weighted by Crippen LogP contribution is -2.14. The fraction of sp³-hybridized carbons (Fsp3) is 0.500. The van der Waals surface area contributed by atoms with Crippen LogP contribution in [0.1, 0.15) is 36.2 Å². The molecule has 1 aromatic heterocycles. The van der Waals surface area contributed by atoms with Gasteiger partial charge in [-0.3, -0.25) is 0 Å². The van der Waals surface area contributed by atoms with Crippen molar-refractivity contribution >= 4 is 41.6 Å². The van der Waals surface area contributed by atoms with Gasteiger partial charge in [0.1, 0.15) is 11.0 Å². The van der Waals surface area contributed by atoms with Crippen molar-refractivity contribution in [1.29, 1.82) is 0 Å². The highest BCUT2D eigenvalue weighted by atomic mass is 79.9. The van der Waals surface area contributed by atoms with Crippen LogP contribution in [0.5, 0.6) is 0 Å². The number of furan rings is 1. The third-order valence-electron chi connectivity index (χ3n) is 2.70. The summed E-state index contributed by atoms with van der Waals surface area (Å²) in [5, 5.41) is 0. The van der Waals surface area contributed by atoms with Crippen LogP contribution in [0.3, 0.4) is 0 Å². The van der Waals surface area contributed by atoms with Crippen molar-refractivity contribution in [2.75, 3.05) is 0 Å². The summed E-state index contributed by atoms with van der Waals surface area (Å²) in [5.74, 6) is -0.845. The molecule has 1 fully saturated rings. The highest BCUT2D eigenvalue weighted by molar-refractivity contribution is 9.10. The Balaban J connectivity index is 2.16. The number of carbonyl (C=O) groups excluding carboxylic acids is 1. The molecule has 1 saturated carbocycles.